The van der Waals surface area contributed by atoms with Gasteiger partial charge in [0.05, 0.1) is 11.9 Å². The van der Waals surface area contributed by atoms with E-state index in [1.165, 1.54) is 12.7 Å². The van der Waals surface area contributed by atoms with E-state index in [2.05, 4.69) is 10.1 Å². The molecule has 0 atom stereocenters. The number of sulfone groups is 1. The van der Waals surface area contributed by atoms with Gasteiger partial charge in [-0.15, -0.1) is 0 Å². The van der Waals surface area contributed by atoms with Crippen LogP contribution in [-0.4, -0.2) is 44.9 Å². The second-order valence-corrected chi connectivity index (χ2v) is 6.83. The van der Waals surface area contributed by atoms with Crippen LogP contribution in [0.3, 0.4) is 0 Å². The van der Waals surface area contributed by atoms with Gasteiger partial charge >= 0.3 is 7.60 Å². The van der Waals surface area contributed by atoms with Crippen molar-refractivity contribution in [3.05, 3.63) is 12.7 Å². The van der Waals surface area contributed by atoms with E-state index in [1.807, 2.05) is 0 Å². The van der Waals surface area contributed by atoms with Gasteiger partial charge in [-0.25, -0.2) is 18.1 Å². The zero-order valence-electron chi connectivity index (χ0n) is 7.59. The summed E-state index contributed by atoms with van der Waals surface area (Å²) in [5, 5.41) is 3.58. The van der Waals surface area contributed by atoms with Gasteiger partial charge in [-0.1, -0.05) is 0 Å². The second kappa shape index (κ2) is 4.40. The number of hydrogen-bond acceptors (Lipinski definition) is 5. The molecule has 15 heavy (non-hydrogen) atoms. The first kappa shape index (κ1) is 12.3. The van der Waals surface area contributed by atoms with Crippen LogP contribution in [0.2, 0.25) is 0 Å². The fourth-order valence-electron chi connectivity index (χ4n) is 0.823. The van der Waals surface area contributed by atoms with Crippen LogP contribution in [0.25, 0.3) is 0 Å². The van der Waals surface area contributed by atoms with E-state index >= 15 is 0 Å². The summed E-state index contributed by atoms with van der Waals surface area (Å²) in [6.45, 7) is 0. The first-order valence-corrected chi connectivity index (χ1v) is 7.48. The molecule has 0 fully saturated rings. The van der Waals surface area contributed by atoms with Crippen molar-refractivity contribution in [2.75, 3.05) is 11.9 Å². The summed E-state index contributed by atoms with van der Waals surface area (Å²) in [5.41, 5.74) is 0. The Bertz CT molecular complexity index is 449. The van der Waals surface area contributed by atoms with E-state index in [0.29, 0.717) is 0 Å². The molecule has 1 heterocycles. The molecule has 0 saturated carbocycles. The van der Waals surface area contributed by atoms with Crippen LogP contribution in [0, 0.1) is 0 Å². The molecule has 0 amide bonds. The predicted molar refractivity (Wildman–Crippen MR) is 50.7 cm³/mol. The lowest BCUT2D eigenvalue weighted by molar-refractivity contribution is 0.374. The summed E-state index contributed by atoms with van der Waals surface area (Å²) < 4.78 is 34.2. The van der Waals surface area contributed by atoms with E-state index in [9.17, 15) is 13.0 Å². The van der Waals surface area contributed by atoms with Crippen molar-refractivity contribution in [2.24, 2.45) is 0 Å². The largest absolute Gasteiger partial charge is 0.326 e. The minimum Gasteiger partial charge on any atom is -0.324 e. The van der Waals surface area contributed by atoms with Crippen LogP contribution in [0.15, 0.2) is 12.7 Å². The Labute approximate surface area is 86.0 Å². The highest BCUT2D eigenvalue weighted by Gasteiger charge is 2.20. The van der Waals surface area contributed by atoms with Crippen LogP contribution >= 0.6 is 7.60 Å². The molecule has 0 saturated heterocycles. The van der Waals surface area contributed by atoms with E-state index < -0.39 is 35.2 Å². The summed E-state index contributed by atoms with van der Waals surface area (Å²) in [5.74, 6) is -0.996. The van der Waals surface area contributed by atoms with E-state index in [0.717, 1.165) is 4.68 Å². The van der Waals surface area contributed by atoms with Crippen LogP contribution in [-0.2, 0) is 20.3 Å². The third-order valence-electron chi connectivity index (χ3n) is 1.49. The van der Waals surface area contributed by atoms with Gasteiger partial charge < -0.3 is 9.79 Å². The van der Waals surface area contributed by atoms with Crippen LogP contribution in [0.1, 0.15) is 0 Å². The molecule has 10 heteroatoms. The molecule has 0 unspecified atom stereocenters. The highest BCUT2D eigenvalue weighted by Crippen LogP contribution is 2.33. The van der Waals surface area contributed by atoms with E-state index in [4.69, 9.17) is 9.79 Å². The topological polar surface area (TPSA) is 122 Å². The Balaban J connectivity index is 2.58. The molecule has 0 aliphatic carbocycles. The zero-order chi connectivity index (χ0) is 11.5. The van der Waals surface area contributed by atoms with Crippen molar-refractivity contribution in [3.8, 4) is 0 Å². The van der Waals surface area contributed by atoms with Crippen molar-refractivity contribution in [1.29, 1.82) is 0 Å². The van der Waals surface area contributed by atoms with Crippen molar-refractivity contribution >= 4 is 17.4 Å². The predicted octanol–water partition coefficient (Wildman–Crippen LogP) is -1.17. The molecule has 1 rings (SSSR count). The average Bonchev–Trinajstić information content (AvgIpc) is 2.52. The standard InChI is InChI=1S/C5H10N3O5PS/c9-14(10,11)1-2-15(12,13)5-8-4-6-3-7-8/h3-4H,1-2,5H2,(H2,9,10,11). The SMILES string of the molecule is O=P(O)(O)CCS(=O)(=O)Cn1cncn1. The molecule has 0 aliphatic heterocycles. The van der Waals surface area contributed by atoms with Gasteiger partial charge in [-0.2, -0.15) is 5.10 Å². The number of rotatable bonds is 5. The van der Waals surface area contributed by atoms with Gasteiger partial charge in [-0.05, 0) is 0 Å². The third-order valence-corrected chi connectivity index (χ3v) is 4.08. The lowest BCUT2D eigenvalue weighted by Gasteiger charge is -2.05. The Kier molecular flexibility index (Phi) is 3.61. The maximum Gasteiger partial charge on any atom is 0.326 e. The van der Waals surface area contributed by atoms with Gasteiger partial charge in [0, 0.05) is 0 Å². The summed E-state index contributed by atoms with van der Waals surface area (Å²) in [6.07, 6.45) is 1.72. The molecule has 1 aromatic rings. The minimum absolute atomic E-state index is 0.424. The van der Waals surface area contributed by atoms with Crippen molar-refractivity contribution in [2.45, 2.75) is 5.88 Å². The van der Waals surface area contributed by atoms with Crippen molar-refractivity contribution < 1.29 is 22.8 Å². The zero-order valence-corrected chi connectivity index (χ0v) is 9.30. The highest BCUT2D eigenvalue weighted by molar-refractivity contribution is 7.90. The first-order valence-electron chi connectivity index (χ1n) is 3.86. The second-order valence-electron chi connectivity index (χ2n) is 2.90. The molecule has 1 aromatic heterocycles. The van der Waals surface area contributed by atoms with Crippen LogP contribution < -0.4 is 0 Å². The molecule has 0 aromatic carbocycles. The van der Waals surface area contributed by atoms with Crippen molar-refractivity contribution in [1.82, 2.24) is 14.8 Å². The van der Waals surface area contributed by atoms with Gasteiger partial charge in [0.1, 0.15) is 18.5 Å². The summed E-state index contributed by atoms with van der Waals surface area (Å²) >= 11 is 0. The van der Waals surface area contributed by atoms with Crippen LogP contribution in [0.5, 0.6) is 0 Å². The minimum atomic E-state index is -4.28. The first-order chi connectivity index (χ1) is 6.79. The van der Waals surface area contributed by atoms with Gasteiger partial charge in [0.15, 0.2) is 9.84 Å². The smallest absolute Gasteiger partial charge is 0.324 e. The quantitative estimate of drug-likeness (QED) is 0.635. The number of aromatic nitrogens is 3. The summed E-state index contributed by atoms with van der Waals surface area (Å²) in [7, 11) is -7.85. The molecule has 0 bridgehead atoms. The Morgan fingerprint density at radius 1 is 1.40 bits per heavy atom. The fourth-order valence-corrected chi connectivity index (χ4v) is 3.55. The Hall–Kier alpha value is -0.760. The molecule has 0 spiro atoms. The fraction of sp³-hybridized carbons (Fsp3) is 0.600. The molecular weight excluding hydrogens is 245 g/mol. The van der Waals surface area contributed by atoms with Crippen molar-refractivity contribution in [3.63, 3.8) is 0 Å². The number of nitrogens with zero attached hydrogens (tertiary/aromatic N) is 3. The molecule has 8 nitrogen and oxygen atoms in total. The van der Waals surface area contributed by atoms with Crippen LogP contribution in [0.4, 0.5) is 0 Å². The maximum atomic E-state index is 11.3. The molecule has 86 valence electrons. The Morgan fingerprint density at radius 2 is 2.07 bits per heavy atom. The van der Waals surface area contributed by atoms with E-state index in [-0.39, 0.29) is 0 Å². The Morgan fingerprint density at radius 3 is 2.53 bits per heavy atom. The molecule has 0 aliphatic rings. The summed E-state index contributed by atoms with van der Waals surface area (Å²) in [6, 6.07) is 0. The monoisotopic (exact) mass is 255 g/mol. The van der Waals surface area contributed by atoms with Gasteiger partial charge in [0.25, 0.3) is 0 Å². The normalized spacial score (nSPS) is 12.9. The third kappa shape index (κ3) is 5.03. The van der Waals surface area contributed by atoms with Gasteiger partial charge in [-0.3, -0.25) is 4.57 Å². The summed E-state index contributed by atoms with van der Waals surface area (Å²) in [4.78, 5) is 20.6. The lowest BCUT2D eigenvalue weighted by Crippen LogP contribution is -2.17. The molecular formula is C5H10N3O5PS. The number of hydrogen-bond donors (Lipinski definition) is 2. The maximum absolute atomic E-state index is 11.3. The molecule has 2 N–H and O–H groups in total. The lowest BCUT2D eigenvalue weighted by atomic mass is 11.0. The highest BCUT2D eigenvalue weighted by atomic mass is 32.2. The molecule has 0 radical (unpaired) electrons. The van der Waals surface area contributed by atoms with Gasteiger partial charge in [0.2, 0.25) is 0 Å². The average molecular weight is 255 g/mol. The van der Waals surface area contributed by atoms with E-state index in [1.54, 1.807) is 0 Å².